The Morgan fingerprint density at radius 2 is 1.88 bits per heavy atom. The Hall–Kier alpha value is -3.65. The molecule has 3 amide bonds. The zero-order chi connectivity index (χ0) is 23.8. The summed E-state index contributed by atoms with van der Waals surface area (Å²) in [6.07, 6.45) is 0.748. The Morgan fingerprint density at radius 1 is 1.12 bits per heavy atom. The molecule has 0 saturated carbocycles. The molecule has 0 aliphatic carbocycles. The number of urea groups is 1. The van der Waals surface area contributed by atoms with Gasteiger partial charge >= 0.3 is 12.0 Å². The average molecular weight is 452 g/mol. The summed E-state index contributed by atoms with van der Waals surface area (Å²) in [7, 11) is 1.31. The summed E-state index contributed by atoms with van der Waals surface area (Å²) in [5.41, 5.74) is 3.09. The van der Waals surface area contributed by atoms with Crippen LogP contribution in [0.25, 0.3) is 0 Å². The molecule has 33 heavy (non-hydrogen) atoms. The van der Waals surface area contributed by atoms with Crippen LogP contribution in [0, 0.1) is 0 Å². The van der Waals surface area contributed by atoms with Crippen LogP contribution in [-0.2, 0) is 25.7 Å². The van der Waals surface area contributed by atoms with Gasteiger partial charge in [-0.15, -0.1) is 0 Å². The van der Waals surface area contributed by atoms with Gasteiger partial charge in [0.1, 0.15) is 6.61 Å². The third kappa shape index (κ3) is 5.98. The largest absolute Gasteiger partial charge is 0.466 e. The van der Waals surface area contributed by atoms with Crippen molar-refractivity contribution < 1.29 is 23.9 Å². The van der Waals surface area contributed by atoms with E-state index in [0.717, 1.165) is 12.0 Å². The van der Waals surface area contributed by atoms with Crippen molar-refractivity contribution in [2.24, 2.45) is 0 Å². The lowest BCUT2D eigenvalue weighted by Gasteiger charge is -2.35. The maximum absolute atomic E-state index is 12.7. The summed E-state index contributed by atoms with van der Waals surface area (Å²) in [4.78, 5) is 39.1. The summed E-state index contributed by atoms with van der Waals surface area (Å²) in [5, 5.41) is 5.69. The number of hydrogen-bond donors (Lipinski definition) is 2. The van der Waals surface area contributed by atoms with E-state index >= 15 is 0 Å². The van der Waals surface area contributed by atoms with Gasteiger partial charge in [-0.2, -0.15) is 0 Å². The van der Waals surface area contributed by atoms with Crippen LogP contribution in [0.4, 0.5) is 10.5 Å². The van der Waals surface area contributed by atoms with Gasteiger partial charge in [-0.3, -0.25) is 9.69 Å². The molecule has 3 rings (SSSR count). The Kier molecular flexibility index (Phi) is 8.21. The highest BCUT2D eigenvalue weighted by molar-refractivity contribution is 5.95. The van der Waals surface area contributed by atoms with Gasteiger partial charge in [0.15, 0.2) is 0 Å². The SMILES string of the molecule is CCCN1C(=O)NC(c2cccc(NC(=O)COCc3ccccc3)c2)C(C(=O)OC)=C1C. The lowest BCUT2D eigenvalue weighted by Crippen LogP contribution is -2.48. The molecule has 0 radical (unpaired) electrons. The molecule has 8 heteroatoms. The Bertz CT molecular complexity index is 1040. The second-order valence-electron chi connectivity index (χ2n) is 7.68. The molecule has 1 unspecified atom stereocenters. The van der Waals surface area contributed by atoms with Crippen LogP contribution in [0.2, 0.25) is 0 Å². The van der Waals surface area contributed by atoms with Gasteiger partial charge in [-0.1, -0.05) is 49.4 Å². The second kappa shape index (κ2) is 11.3. The van der Waals surface area contributed by atoms with E-state index in [1.54, 1.807) is 36.1 Å². The van der Waals surface area contributed by atoms with Crippen LogP contribution >= 0.6 is 0 Å². The number of ether oxygens (including phenoxy) is 2. The van der Waals surface area contributed by atoms with Crippen LogP contribution < -0.4 is 10.6 Å². The highest BCUT2D eigenvalue weighted by atomic mass is 16.5. The molecule has 1 aliphatic rings. The van der Waals surface area contributed by atoms with Crippen molar-refractivity contribution in [1.82, 2.24) is 10.2 Å². The van der Waals surface area contributed by atoms with E-state index in [9.17, 15) is 14.4 Å². The molecule has 0 bridgehead atoms. The predicted molar refractivity (Wildman–Crippen MR) is 124 cm³/mol. The monoisotopic (exact) mass is 451 g/mol. The topological polar surface area (TPSA) is 97.0 Å². The van der Waals surface area contributed by atoms with Gasteiger partial charge < -0.3 is 20.1 Å². The number of nitrogens with zero attached hydrogens (tertiary/aromatic N) is 1. The Balaban J connectivity index is 1.73. The van der Waals surface area contributed by atoms with E-state index in [0.29, 0.717) is 35.7 Å². The summed E-state index contributed by atoms with van der Waals surface area (Å²) in [5.74, 6) is -0.813. The van der Waals surface area contributed by atoms with Crippen molar-refractivity contribution in [3.05, 3.63) is 77.0 Å². The highest BCUT2D eigenvalue weighted by Crippen LogP contribution is 2.32. The number of hydrogen-bond acceptors (Lipinski definition) is 5. The first-order valence-electron chi connectivity index (χ1n) is 10.8. The summed E-state index contributed by atoms with van der Waals surface area (Å²) < 4.78 is 10.5. The number of allylic oxidation sites excluding steroid dienone is 1. The van der Waals surface area contributed by atoms with Crippen LogP contribution in [0.15, 0.2) is 65.9 Å². The smallest absolute Gasteiger partial charge is 0.337 e. The second-order valence-corrected chi connectivity index (χ2v) is 7.68. The van der Waals surface area contributed by atoms with Gasteiger partial charge in [-0.25, -0.2) is 9.59 Å². The molecular formula is C25H29N3O5. The lowest BCUT2D eigenvalue weighted by molar-refractivity contribution is -0.136. The van der Waals surface area contributed by atoms with Crippen molar-refractivity contribution in [3.8, 4) is 0 Å². The van der Waals surface area contributed by atoms with E-state index in [4.69, 9.17) is 9.47 Å². The quantitative estimate of drug-likeness (QED) is 0.566. The molecule has 1 heterocycles. The standard InChI is InChI=1S/C25H29N3O5/c1-4-13-28-17(2)22(24(30)32-3)23(27-25(28)31)19-11-8-12-20(14-19)26-21(29)16-33-15-18-9-6-5-7-10-18/h5-12,14,23H,4,13,15-16H2,1-3H3,(H,26,29)(H,27,31). The Morgan fingerprint density at radius 3 is 2.58 bits per heavy atom. The molecule has 2 aromatic rings. The number of anilines is 1. The number of carbonyl (C=O) groups excluding carboxylic acids is 3. The van der Waals surface area contributed by atoms with Crippen molar-refractivity contribution in [3.63, 3.8) is 0 Å². The minimum absolute atomic E-state index is 0.0995. The normalized spacial score (nSPS) is 15.8. The molecule has 8 nitrogen and oxygen atoms in total. The molecule has 0 spiro atoms. The fourth-order valence-corrected chi connectivity index (χ4v) is 3.73. The van der Waals surface area contributed by atoms with Crippen LogP contribution in [0.1, 0.15) is 37.4 Å². The van der Waals surface area contributed by atoms with E-state index < -0.39 is 12.0 Å². The lowest BCUT2D eigenvalue weighted by atomic mass is 9.94. The van der Waals surface area contributed by atoms with Crippen LogP contribution in [0.5, 0.6) is 0 Å². The summed E-state index contributed by atoms with van der Waals surface area (Å²) in [6, 6.07) is 15.6. The van der Waals surface area contributed by atoms with Crippen molar-refractivity contribution in [2.75, 3.05) is 25.6 Å². The fourth-order valence-electron chi connectivity index (χ4n) is 3.73. The number of rotatable bonds is 9. The number of nitrogens with one attached hydrogen (secondary N) is 2. The molecule has 0 aromatic heterocycles. The van der Waals surface area contributed by atoms with Gasteiger partial charge in [0.25, 0.3) is 0 Å². The van der Waals surface area contributed by atoms with Crippen molar-refractivity contribution in [1.29, 1.82) is 0 Å². The van der Waals surface area contributed by atoms with Crippen molar-refractivity contribution in [2.45, 2.75) is 32.9 Å². The zero-order valence-electron chi connectivity index (χ0n) is 19.1. The van der Waals surface area contributed by atoms with Crippen LogP contribution in [-0.4, -0.2) is 43.1 Å². The molecular weight excluding hydrogens is 422 g/mol. The van der Waals surface area contributed by atoms with E-state index in [1.165, 1.54) is 7.11 Å². The molecule has 174 valence electrons. The van der Waals surface area contributed by atoms with Gasteiger partial charge in [0.05, 0.1) is 25.3 Å². The number of carbonyl (C=O) groups is 3. The number of benzene rings is 2. The molecule has 2 N–H and O–H groups in total. The summed E-state index contributed by atoms with van der Waals surface area (Å²) >= 11 is 0. The first-order valence-corrected chi connectivity index (χ1v) is 10.8. The summed E-state index contributed by atoms with van der Waals surface area (Å²) in [6.45, 7) is 4.43. The van der Waals surface area contributed by atoms with E-state index in [-0.39, 0.29) is 18.5 Å². The molecule has 0 saturated heterocycles. The molecule has 1 atom stereocenters. The number of amides is 3. The van der Waals surface area contributed by atoms with E-state index in [2.05, 4.69) is 10.6 Å². The highest BCUT2D eigenvalue weighted by Gasteiger charge is 2.35. The minimum atomic E-state index is -0.691. The van der Waals surface area contributed by atoms with Crippen molar-refractivity contribution >= 4 is 23.6 Å². The van der Waals surface area contributed by atoms with E-state index in [1.807, 2.05) is 37.3 Å². The number of methoxy groups -OCH3 is 1. The molecule has 2 aromatic carbocycles. The predicted octanol–water partition coefficient (Wildman–Crippen LogP) is 3.77. The first kappa shape index (κ1) is 24.0. The fraction of sp³-hybridized carbons (Fsp3) is 0.320. The average Bonchev–Trinajstić information content (AvgIpc) is 2.82. The zero-order valence-corrected chi connectivity index (χ0v) is 19.1. The van der Waals surface area contributed by atoms with Gasteiger partial charge in [0, 0.05) is 17.9 Å². The Labute approximate surface area is 193 Å². The third-order valence-electron chi connectivity index (χ3n) is 5.30. The van der Waals surface area contributed by atoms with Gasteiger partial charge in [-0.05, 0) is 36.6 Å². The molecule has 1 aliphatic heterocycles. The number of esters is 1. The third-order valence-corrected chi connectivity index (χ3v) is 5.30. The van der Waals surface area contributed by atoms with Gasteiger partial charge in [0.2, 0.25) is 5.91 Å². The molecule has 0 fully saturated rings. The maximum atomic E-state index is 12.7. The van der Waals surface area contributed by atoms with Crippen LogP contribution in [0.3, 0.4) is 0 Å². The first-order chi connectivity index (χ1) is 15.9. The minimum Gasteiger partial charge on any atom is -0.466 e. The maximum Gasteiger partial charge on any atom is 0.337 e.